The molecule has 1 heterocycles. The lowest BCUT2D eigenvalue weighted by Gasteiger charge is -2.22. The predicted molar refractivity (Wildman–Crippen MR) is 69.1 cm³/mol. The van der Waals surface area contributed by atoms with Gasteiger partial charge in [0.1, 0.15) is 0 Å². The van der Waals surface area contributed by atoms with Gasteiger partial charge in [0, 0.05) is 12.1 Å². The molecule has 0 bridgehead atoms. The Balaban J connectivity index is 1.71. The summed E-state index contributed by atoms with van der Waals surface area (Å²) in [5.74, 6) is 0.567. The van der Waals surface area contributed by atoms with Gasteiger partial charge in [0.25, 0.3) is 6.54 Å². The Morgan fingerprint density at radius 3 is 3.00 bits per heavy atom. The summed E-state index contributed by atoms with van der Waals surface area (Å²) in [4.78, 5) is 14.9. The molecule has 1 aromatic heterocycles. The third kappa shape index (κ3) is 4.28. The number of carbonyl (C=O) groups excluding carboxylic acids is 1. The van der Waals surface area contributed by atoms with Crippen molar-refractivity contribution in [2.24, 2.45) is 0 Å². The summed E-state index contributed by atoms with van der Waals surface area (Å²) < 4.78 is 5.02. The molecule has 0 spiro atoms. The number of nitrogens with zero attached hydrogens (tertiary/aromatic N) is 2. The highest BCUT2D eigenvalue weighted by molar-refractivity contribution is 5.74. The summed E-state index contributed by atoms with van der Waals surface area (Å²) in [7, 11) is 0. The molecular formula is C13H18N4O2. The lowest BCUT2D eigenvalue weighted by Crippen LogP contribution is -2.42. The number of carbonyl (C=O) groups is 1. The van der Waals surface area contributed by atoms with Gasteiger partial charge in [0.05, 0.1) is 6.54 Å². The number of urea groups is 1. The Kier molecular flexibility index (Phi) is 4.78. The van der Waals surface area contributed by atoms with Crippen molar-refractivity contribution < 1.29 is 9.32 Å². The summed E-state index contributed by atoms with van der Waals surface area (Å²) in [5.41, 5.74) is 0.597. The van der Waals surface area contributed by atoms with Crippen molar-refractivity contribution >= 4 is 6.03 Å². The van der Waals surface area contributed by atoms with E-state index in [1.165, 1.54) is 19.3 Å². The van der Waals surface area contributed by atoms with Gasteiger partial charge < -0.3 is 20.0 Å². The van der Waals surface area contributed by atoms with Crippen LogP contribution in [-0.2, 0) is 13.1 Å². The van der Waals surface area contributed by atoms with Crippen LogP contribution in [0, 0.1) is 6.57 Å². The van der Waals surface area contributed by atoms with Crippen molar-refractivity contribution in [2.45, 2.75) is 51.2 Å². The molecule has 1 fully saturated rings. The molecule has 102 valence electrons. The fourth-order valence-corrected chi connectivity index (χ4v) is 2.25. The van der Waals surface area contributed by atoms with Gasteiger partial charge in [0.2, 0.25) is 0 Å². The number of rotatable bonds is 4. The number of aromatic nitrogens is 1. The van der Waals surface area contributed by atoms with Crippen LogP contribution in [-0.4, -0.2) is 17.2 Å². The summed E-state index contributed by atoms with van der Waals surface area (Å²) in [6, 6.07) is 1.81. The molecule has 0 saturated heterocycles. The second-order valence-corrected chi connectivity index (χ2v) is 4.76. The van der Waals surface area contributed by atoms with Gasteiger partial charge in [-0.15, -0.1) is 0 Å². The third-order valence-electron chi connectivity index (χ3n) is 3.21. The van der Waals surface area contributed by atoms with E-state index >= 15 is 0 Å². The minimum atomic E-state index is -0.171. The zero-order valence-corrected chi connectivity index (χ0v) is 10.8. The van der Waals surface area contributed by atoms with Crippen molar-refractivity contribution in [1.82, 2.24) is 15.8 Å². The van der Waals surface area contributed by atoms with E-state index in [9.17, 15) is 4.79 Å². The van der Waals surface area contributed by atoms with Gasteiger partial charge >= 0.3 is 6.03 Å². The van der Waals surface area contributed by atoms with Crippen LogP contribution in [0.2, 0.25) is 0 Å². The molecule has 2 amide bonds. The average Bonchev–Trinajstić information content (AvgIpc) is 2.86. The van der Waals surface area contributed by atoms with Gasteiger partial charge in [0.15, 0.2) is 11.5 Å². The fraction of sp³-hybridized carbons (Fsp3) is 0.615. The Morgan fingerprint density at radius 2 is 2.26 bits per heavy atom. The zero-order valence-electron chi connectivity index (χ0n) is 10.8. The standard InChI is InChI=1S/C13H18N4O2/c1-14-8-11-7-12(19-17-11)9-15-13(18)16-10-5-3-2-4-6-10/h7,10H,2-6,8-9H2,(H2,15,16,18). The predicted octanol–water partition coefficient (Wildman–Crippen LogP) is 2.23. The van der Waals surface area contributed by atoms with Crippen molar-refractivity contribution in [1.29, 1.82) is 0 Å². The maximum atomic E-state index is 11.7. The maximum Gasteiger partial charge on any atom is 0.315 e. The van der Waals surface area contributed by atoms with Crippen LogP contribution < -0.4 is 10.6 Å². The summed E-state index contributed by atoms with van der Waals surface area (Å²) in [5, 5.41) is 9.44. The normalized spacial score (nSPS) is 15.7. The highest BCUT2D eigenvalue weighted by atomic mass is 16.5. The number of amides is 2. The van der Waals surface area contributed by atoms with Crippen LogP contribution in [0.5, 0.6) is 0 Å². The van der Waals surface area contributed by atoms with E-state index in [0.717, 1.165) is 12.8 Å². The van der Waals surface area contributed by atoms with Crippen LogP contribution >= 0.6 is 0 Å². The summed E-state index contributed by atoms with van der Waals surface area (Å²) >= 11 is 0. The highest BCUT2D eigenvalue weighted by Crippen LogP contribution is 2.17. The lowest BCUT2D eigenvalue weighted by atomic mass is 9.96. The second-order valence-electron chi connectivity index (χ2n) is 4.76. The molecule has 0 atom stereocenters. The fourth-order valence-electron chi connectivity index (χ4n) is 2.25. The first-order valence-electron chi connectivity index (χ1n) is 6.60. The molecule has 0 aromatic carbocycles. The summed E-state index contributed by atoms with van der Waals surface area (Å²) in [6.45, 7) is 7.23. The van der Waals surface area contributed by atoms with Crippen LogP contribution in [0.15, 0.2) is 10.6 Å². The van der Waals surface area contributed by atoms with E-state index in [1.807, 2.05) is 0 Å². The van der Waals surface area contributed by atoms with E-state index < -0.39 is 0 Å². The molecule has 2 rings (SSSR count). The van der Waals surface area contributed by atoms with Crippen molar-refractivity contribution in [3.8, 4) is 0 Å². The van der Waals surface area contributed by atoms with Gasteiger partial charge in [-0.05, 0) is 12.8 Å². The van der Waals surface area contributed by atoms with Crippen LogP contribution in [0.3, 0.4) is 0 Å². The molecule has 19 heavy (non-hydrogen) atoms. The molecule has 1 aliphatic rings. The molecule has 0 aliphatic heterocycles. The Labute approximate surface area is 112 Å². The smallest absolute Gasteiger partial charge is 0.315 e. The Morgan fingerprint density at radius 1 is 1.47 bits per heavy atom. The Bertz CT molecular complexity index is 457. The van der Waals surface area contributed by atoms with E-state index in [-0.39, 0.29) is 12.6 Å². The van der Waals surface area contributed by atoms with E-state index in [0.29, 0.717) is 24.0 Å². The monoisotopic (exact) mass is 262 g/mol. The second kappa shape index (κ2) is 6.78. The van der Waals surface area contributed by atoms with Crippen molar-refractivity contribution in [2.75, 3.05) is 0 Å². The van der Waals surface area contributed by atoms with E-state index in [4.69, 9.17) is 11.1 Å². The maximum absolute atomic E-state index is 11.7. The molecule has 1 saturated carbocycles. The van der Waals surface area contributed by atoms with Crippen LogP contribution in [0.25, 0.3) is 4.85 Å². The molecule has 0 radical (unpaired) electrons. The number of nitrogens with one attached hydrogen (secondary N) is 2. The number of hydrogen-bond donors (Lipinski definition) is 2. The molecule has 2 N–H and O–H groups in total. The summed E-state index contributed by atoms with van der Waals surface area (Å²) in [6.07, 6.45) is 5.76. The minimum absolute atomic E-state index is 0.171. The van der Waals surface area contributed by atoms with Gasteiger partial charge in [-0.3, -0.25) is 0 Å². The Hall–Kier alpha value is -2.03. The van der Waals surface area contributed by atoms with E-state index in [1.54, 1.807) is 6.07 Å². The van der Waals surface area contributed by atoms with Crippen LogP contribution in [0.1, 0.15) is 43.6 Å². The van der Waals surface area contributed by atoms with Crippen LogP contribution in [0.4, 0.5) is 4.79 Å². The molecule has 0 unspecified atom stereocenters. The quantitative estimate of drug-likeness (QED) is 0.817. The zero-order chi connectivity index (χ0) is 13.5. The van der Waals surface area contributed by atoms with Gasteiger partial charge in [-0.2, -0.15) is 0 Å². The largest absolute Gasteiger partial charge is 0.359 e. The van der Waals surface area contributed by atoms with E-state index in [2.05, 4.69) is 20.6 Å². The first-order chi connectivity index (χ1) is 9.28. The minimum Gasteiger partial charge on any atom is -0.359 e. The average molecular weight is 262 g/mol. The molecule has 1 aromatic rings. The van der Waals surface area contributed by atoms with Gasteiger partial charge in [-0.25, -0.2) is 11.4 Å². The van der Waals surface area contributed by atoms with Gasteiger partial charge in [-0.1, -0.05) is 24.4 Å². The third-order valence-corrected chi connectivity index (χ3v) is 3.21. The first kappa shape index (κ1) is 13.4. The first-order valence-corrected chi connectivity index (χ1v) is 6.60. The number of hydrogen-bond acceptors (Lipinski definition) is 3. The van der Waals surface area contributed by atoms with Crippen molar-refractivity contribution in [3.05, 3.63) is 28.9 Å². The molecular weight excluding hydrogens is 244 g/mol. The molecule has 6 heteroatoms. The topological polar surface area (TPSA) is 71.5 Å². The molecule has 1 aliphatic carbocycles. The lowest BCUT2D eigenvalue weighted by molar-refractivity contribution is 0.230. The van der Waals surface area contributed by atoms with Crippen molar-refractivity contribution in [3.63, 3.8) is 0 Å². The SMILES string of the molecule is [C-]#[N+]Cc1cc(CNC(=O)NC2CCCCC2)on1. The highest BCUT2D eigenvalue weighted by Gasteiger charge is 2.15. The molecule has 6 nitrogen and oxygen atoms in total.